The number of hydrogen-bond donors (Lipinski definition) is 1. The summed E-state index contributed by atoms with van der Waals surface area (Å²) in [5, 5.41) is 0.200. The third-order valence-corrected chi connectivity index (χ3v) is 4.12. The lowest BCUT2D eigenvalue weighted by Gasteiger charge is -2.17. The van der Waals surface area contributed by atoms with Crippen LogP contribution in [0.4, 0.5) is 5.82 Å². The average molecular weight is 313 g/mol. The molecule has 8 heteroatoms. The van der Waals surface area contributed by atoms with E-state index < -0.39 is 10.2 Å². The second kappa shape index (κ2) is 6.17. The standard InChI is InChI=1S/C12H13ClN4O2S/c1-17(9-10-5-3-2-4-6-10)20(18,19)16-12-8-14-11(13)7-15-12/h2-8H,9H2,1H3,(H,15,16). The van der Waals surface area contributed by atoms with E-state index in [0.717, 1.165) is 5.56 Å². The molecule has 1 N–H and O–H groups in total. The summed E-state index contributed by atoms with van der Waals surface area (Å²) in [6, 6.07) is 9.30. The summed E-state index contributed by atoms with van der Waals surface area (Å²) in [6.07, 6.45) is 2.53. The molecule has 0 spiro atoms. The normalized spacial score (nSPS) is 11.6. The summed E-state index contributed by atoms with van der Waals surface area (Å²) < 4.78 is 27.7. The minimum absolute atomic E-state index is 0.120. The van der Waals surface area contributed by atoms with Gasteiger partial charge in [-0.05, 0) is 5.56 Å². The van der Waals surface area contributed by atoms with Crippen molar-refractivity contribution in [1.82, 2.24) is 14.3 Å². The van der Waals surface area contributed by atoms with Crippen LogP contribution in [0.2, 0.25) is 5.15 Å². The maximum Gasteiger partial charge on any atom is 0.302 e. The first-order valence-corrected chi connectivity index (χ1v) is 7.55. The number of nitrogens with one attached hydrogen (secondary N) is 1. The molecule has 0 unspecified atom stereocenters. The van der Waals surface area contributed by atoms with Gasteiger partial charge in [0.15, 0.2) is 5.82 Å². The van der Waals surface area contributed by atoms with Gasteiger partial charge in [-0.3, -0.25) is 4.72 Å². The van der Waals surface area contributed by atoms with Gasteiger partial charge in [-0.1, -0.05) is 41.9 Å². The van der Waals surface area contributed by atoms with E-state index in [2.05, 4.69) is 14.7 Å². The number of hydrogen-bond acceptors (Lipinski definition) is 4. The monoisotopic (exact) mass is 312 g/mol. The summed E-state index contributed by atoms with van der Waals surface area (Å²) in [4.78, 5) is 7.61. The Balaban J connectivity index is 2.08. The van der Waals surface area contributed by atoms with E-state index in [1.54, 1.807) is 0 Å². The number of nitrogens with zero attached hydrogens (tertiary/aromatic N) is 3. The van der Waals surface area contributed by atoms with Crippen LogP contribution in [0.25, 0.3) is 0 Å². The van der Waals surface area contributed by atoms with Gasteiger partial charge in [0.25, 0.3) is 0 Å². The molecule has 0 atom stereocenters. The largest absolute Gasteiger partial charge is 0.302 e. The molecule has 0 radical (unpaired) electrons. The molecule has 0 fully saturated rings. The molecule has 6 nitrogen and oxygen atoms in total. The van der Waals surface area contributed by atoms with Gasteiger partial charge in [0.1, 0.15) is 5.15 Å². The molecule has 0 saturated heterocycles. The molecule has 0 amide bonds. The van der Waals surface area contributed by atoms with Crippen LogP contribution in [0.15, 0.2) is 42.7 Å². The van der Waals surface area contributed by atoms with Crippen LogP contribution in [0, 0.1) is 0 Å². The average Bonchev–Trinajstić information content (AvgIpc) is 2.42. The fourth-order valence-corrected chi connectivity index (χ4v) is 2.44. The van der Waals surface area contributed by atoms with Crippen molar-refractivity contribution in [3.63, 3.8) is 0 Å². The number of halogens is 1. The highest BCUT2D eigenvalue weighted by Crippen LogP contribution is 2.11. The molecule has 0 aliphatic carbocycles. The van der Waals surface area contributed by atoms with Crippen LogP contribution in [-0.2, 0) is 16.8 Å². The van der Waals surface area contributed by atoms with Gasteiger partial charge < -0.3 is 0 Å². The number of anilines is 1. The van der Waals surface area contributed by atoms with Gasteiger partial charge >= 0.3 is 10.2 Å². The predicted molar refractivity (Wildman–Crippen MR) is 77.5 cm³/mol. The van der Waals surface area contributed by atoms with Gasteiger partial charge in [0, 0.05) is 13.6 Å². The van der Waals surface area contributed by atoms with Crippen molar-refractivity contribution < 1.29 is 8.42 Å². The molecule has 0 saturated carbocycles. The number of aromatic nitrogens is 2. The minimum atomic E-state index is -3.69. The third kappa shape index (κ3) is 3.89. The summed E-state index contributed by atoms with van der Waals surface area (Å²) in [5.41, 5.74) is 0.891. The van der Waals surface area contributed by atoms with E-state index >= 15 is 0 Å². The predicted octanol–water partition coefficient (Wildman–Crippen LogP) is 1.92. The van der Waals surface area contributed by atoms with Crippen molar-refractivity contribution in [3.8, 4) is 0 Å². The van der Waals surface area contributed by atoms with Crippen LogP contribution in [0.5, 0.6) is 0 Å². The highest BCUT2D eigenvalue weighted by atomic mass is 35.5. The Morgan fingerprint density at radius 2 is 1.90 bits per heavy atom. The Hall–Kier alpha value is -1.70. The highest BCUT2D eigenvalue weighted by molar-refractivity contribution is 7.90. The molecule has 1 heterocycles. The Kier molecular flexibility index (Phi) is 4.53. The van der Waals surface area contributed by atoms with Crippen LogP contribution in [0.3, 0.4) is 0 Å². The number of benzene rings is 1. The first-order chi connectivity index (χ1) is 9.47. The van der Waals surface area contributed by atoms with Gasteiger partial charge in [-0.25, -0.2) is 9.97 Å². The molecule has 106 valence electrons. The molecule has 0 bridgehead atoms. The maximum absolute atomic E-state index is 12.1. The van der Waals surface area contributed by atoms with Crippen molar-refractivity contribution in [3.05, 3.63) is 53.4 Å². The Morgan fingerprint density at radius 1 is 1.20 bits per heavy atom. The minimum Gasteiger partial charge on any atom is -0.253 e. The first-order valence-electron chi connectivity index (χ1n) is 5.73. The summed E-state index contributed by atoms with van der Waals surface area (Å²) >= 11 is 5.59. The SMILES string of the molecule is CN(Cc1ccccc1)S(=O)(=O)Nc1cnc(Cl)cn1. The molecule has 0 aliphatic rings. The first kappa shape index (κ1) is 14.7. The van der Waals surface area contributed by atoms with E-state index in [-0.39, 0.29) is 17.5 Å². The molecular weight excluding hydrogens is 300 g/mol. The Morgan fingerprint density at radius 3 is 2.50 bits per heavy atom. The van der Waals surface area contributed by atoms with Gasteiger partial charge in [0.05, 0.1) is 12.4 Å². The lowest BCUT2D eigenvalue weighted by Crippen LogP contribution is -2.32. The second-order valence-corrected chi connectivity index (χ2v) is 6.24. The smallest absolute Gasteiger partial charge is 0.253 e. The lowest BCUT2D eigenvalue weighted by molar-refractivity contribution is 0.471. The van der Waals surface area contributed by atoms with Crippen molar-refractivity contribution in [2.75, 3.05) is 11.8 Å². The molecule has 20 heavy (non-hydrogen) atoms. The molecule has 1 aromatic carbocycles. The van der Waals surface area contributed by atoms with E-state index in [0.29, 0.717) is 0 Å². The third-order valence-electron chi connectivity index (χ3n) is 2.51. The highest BCUT2D eigenvalue weighted by Gasteiger charge is 2.18. The van der Waals surface area contributed by atoms with Crippen molar-refractivity contribution >= 4 is 27.6 Å². The maximum atomic E-state index is 12.1. The summed E-state index contributed by atoms with van der Waals surface area (Å²) in [6.45, 7) is 0.261. The van der Waals surface area contributed by atoms with E-state index in [1.807, 2.05) is 30.3 Å². The van der Waals surface area contributed by atoms with Gasteiger partial charge in [0.2, 0.25) is 0 Å². The second-order valence-electron chi connectivity index (χ2n) is 4.07. The molecular formula is C12H13ClN4O2S. The quantitative estimate of drug-likeness (QED) is 0.915. The van der Waals surface area contributed by atoms with Gasteiger partial charge in [-0.2, -0.15) is 12.7 Å². The van der Waals surface area contributed by atoms with Crippen molar-refractivity contribution in [2.24, 2.45) is 0 Å². The molecule has 2 rings (SSSR count). The van der Waals surface area contributed by atoms with Crippen LogP contribution >= 0.6 is 11.6 Å². The van der Waals surface area contributed by atoms with Crippen LogP contribution in [0.1, 0.15) is 5.56 Å². The van der Waals surface area contributed by atoms with E-state index in [1.165, 1.54) is 23.7 Å². The molecule has 0 aliphatic heterocycles. The Labute approximate surface area is 122 Å². The molecule has 1 aromatic heterocycles. The Bertz CT molecular complexity index is 662. The molecule has 2 aromatic rings. The van der Waals surface area contributed by atoms with Crippen molar-refractivity contribution in [1.29, 1.82) is 0 Å². The number of rotatable bonds is 5. The topological polar surface area (TPSA) is 75.2 Å². The van der Waals surface area contributed by atoms with E-state index in [4.69, 9.17) is 11.6 Å². The van der Waals surface area contributed by atoms with E-state index in [9.17, 15) is 8.42 Å². The lowest BCUT2D eigenvalue weighted by atomic mass is 10.2. The van der Waals surface area contributed by atoms with Crippen molar-refractivity contribution in [2.45, 2.75) is 6.54 Å². The zero-order valence-electron chi connectivity index (χ0n) is 10.7. The zero-order chi connectivity index (χ0) is 14.6. The van der Waals surface area contributed by atoms with Gasteiger partial charge in [-0.15, -0.1) is 0 Å². The fraction of sp³-hybridized carbons (Fsp3) is 0.167. The fourth-order valence-electron chi connectivity index (χ4n) is 1.50. The van der Waals surface area contributed by atoms with Crippen LogP contribution < -0.4 is 4.72 Å². The summed E-state index contributed by atoms with van der Waals surface area (Å²) in [5.74, 6) is 0.120. The summed E-state index contributed by atoms with van der Waals surface area (Å²) in [7, 11) is -2.20. The zero-order valence-corrected chi connectivity index (χ0v) is 12.3. The van der Waals surface area contributed by atoms with Crippen LogP contribution in [-0.4, -0.2) is 29.7 Å².